The molecule has 0 spiro atoms. The zero-order valence-corrected chi connectivity index (χ0v) is 18.3. The molecular weight excluding hydrogens is 426 g/mol. The van der Waals surface area contributed by atoms with Gasteiger partial charge in [0, 0.05) is 12.7 Å². The minimum atomic E-state index is -3.84. The van der Waals surface area contributed by atoms with Gasteiger partial charge in [0.1, 0.15) is 0 Å². The first-order chi connectivity index (χ1) is 14.2. The van der Waals surface area contributed by atoms with E-state index in [1.165, 1.54) is 36.6 Å². The Hall–Kier alpha value is -2.82. The highest BCUT2D eigenvalue weighted by Gasteiger charge is 2.24. The van der Waals surface area contributed by atoms with Crippen molar-refractivity contribution in [2.75, 3.05) is 25.5 Å². The van der Waals surface area contributed by atoms with Crippen LogP contribution in [0.3, 0.4) is 0 Å². The summed E-state index contributed by atoms with van der Waals surface area (Å²) < 4.78 is 32.3. The first kappa shape index (κ1) is 21.9. The summed E-state index contributed by atoms with van der Waals surface area (Å²) in [6.07, 6.45) is 0. The van der Waals surface area contributed by atoms with Crippen LogP contribution in [0.5, 0.6) is 0 Å². The summed E-state index contributed by atoms with van der Waals surface area (Å²) in [4.78, 5) is 28.4. The van der Waals surface area contributed by atoms with Gasteiger partial charge in [-0.15, -0.1) is 11.3 Å². The lowest BCUT2D eigenvalue weighted by Crippen LogP contribution is -2.34. The predicted molar refractivity (Wildman–Crippen MR) is 115 cm³/mol. The van der Waals surface area contributed by atoms with Crippen molar-refractivity contribution < 1.29 is 22.7 Å². The number of thiazole rings is 1. The molecule has 0 aliphatic carbocycles. The van der Waals surface area contributed by atoms with Crippen molar-refractivity contribution in [2.45, 2.75) is 18.7 Å². The monoisotopic (exact) mass is 447 g/mol. The molecule has 1 heterocycles. The molecule has 8 nitrogen and oxygen atoms in total. The number of hydrogen-bond acceptors (Lipinski definition) is 7. The number of benzene rings is 2. The van der Waals surface area contributed by atoms with E-state index in [0.29, 0.717) is 11.3 Å². The summed E-state index contributed by atoms with van der Waals surface area (Å²) in [5.41, 5.74) is 1.55. The number of sulfonamides is 1. The van der Waals surface area contributed by atoms with Crippen LogP contribution in [0, 0.1) is 6.92 Å². The van der Waals surface area contributed by atoms with Gasteiger partial charge in [0.05, 0.1) is 38.8 Å². The fourth-order valence-corrected chi connectivity index (χ4v) is 4.85. The van der Waals surface area contributed by atoms with Crippen LogP contribution >= 0.6 is 11.3 Å². The number of anilines is 1. The summed E-state index contributed by atoms with van der Waals surface area (Å²) in [6, 6.07) is 10.9. The molecule has 158 valence electrons. The molecule has 0 fully saturated rings. The van der Waals surface area contributed by atoms with E-state index in [-0.39, 0.29) is 18.0 Å². The Morgan fingerprint density at radius 3 is 2.53 bits per heavy atom. The van der Waals surface area contributed by atoms with E-state index in [1.54, 1.807) is 31.2 Å². The maximum absolute atomic E-state index is 12.8. The Bertz CT molecular complexity index is 1190. The molecule has 0 radical (unpaired) electrons. The highest BCUT2D eigenvalue weighted by Crippen LogP contribution is 2.25. The Balaban J connectivity index is 1.67. The third-order valence-electron chi connectivity index (χ3n) is 4.22. The largest absolute Gasteiger partial charge is 0.462 e. The molecule has 1 N–H and O–H groups in total. The molecule has 30 heavy (non-hydrogen) atoms. The first-order valence-corrected chi connectivity index (χ1v) is 11.4. The van der Waals surface area contributed by atoms with Crippen LogP contribution < -0.4 is 5.32 Å². The lowest BCUT2D eigenvalue weighted by molar-refractivity contribution is -0.116. The van der Waals surface area contributed by atoms with E-state index < -0.39 is 21.9 Å². The summed E-state index contributed by atoms with van der Waals surface area (Å²) in [6.45, 7) is 3.48. The van der Waals surface area contributed by atoms with Crippen molar-refractivity contribution >= 4 is 49.1 Å². The molecule has 0 atom stereocenters. The lowest BCUT2D eigenvalue weighted by Gasteiger charge is -2.17. The Morgan fingerprint density at radius 2 is 1.87 bits per heavy atom. The van der Waals surface area contributed by atoms with Crippen molar-refractivity contribution in [1.29, 1.82) is 0 Å². The molecule has 1 aromatic heterocycles. The predicted octanol–water partition coefficient (Wildman–Crippen LogP) is 3.04. The highest BCUT2D eigenvalue weighted by molar-refractivity contribution is 7.89. The second-order valence-corrected chi connectivity index (χ2v) is 9.75. The topological polar surface area (TPSA) is 106 Å². The molecule has 2 aromatic carbocycles. The normalized spacial score (nSPS) is 11.6. The van der Waals surface area contributed by atoms with Crippen LogP contribution in [0.15, 0.2) is 47.4 Å². The Morgan fingerprint density at radius 1 is 1.17 bits per heavy atom. The quantitative estimate of drug-likeness (QED) is 0.558. The van der Waals surface area contributed by atoms with Gasteiger partial charge in [-0.05, 0) is 56.3 Å². The fraction of sp³-hybridized carbons (Fsp3) is 0.250. The van der Waals surface area contributed by atoms with E-state index in [1.807, 2.05) is 6.92 Å². The molecular formula is C20H21N3O5S2. The second-order valence-electron chi connectivity index (χ2n) is 6.47. The van der Waals surface area contributed by atoms with Gasteiger partial charge in [0.2, 0.25) is 15.9 Å². The van der Waals surface area contributed by atoms with Crippen LogP contribution in [0.25, 0.3) is 10.2 Å². The second kappa shape index (κ2) is 8.90. The fourth-order valence-electron chi connectivity index (χ4n) is 2.75. The lowest BCUT2D eigenvalue weighted by atomic mass is 10.2. The van der Waals surface area contributed by atoms with Crippen molar-refractivity contribution in [3.8, 4) is 0 Å². The van der Waals surface area contributed by atoms with Gasteiger partial charge < -0.3 is 10.1 Å². The number of hydrogen-bond donors (Lipinski definition) is 1. The first-order valence-electron chi connectivity index (χ1n) is 9.11. The zero-order valence-electron chi connectivity index (χ0n) is 16.7. The van der Waals surface area contributed by atoms with Gasteiger partial charge in [-0.3, -0.25) is 4.79 Å². The molecule has 10 heteroatoms. The van der Waals surface area contributed by atoms with Crippen molar-refractivity contribution in [2.24, 2.45) is 0 Å². The van der Waals surface area contributed by atoms with E-state index in [2.05, 4.69) is 10.3 Å². The van der Waals surface area contributed by atoms with Crippen LogP contribution in [0.4, 0.5) is 5.69 Å². The number of carbonyl (C=O) groups excluding carboxylic acids is 2. The Kier molecular flexibility index (Phi) is 6.49. The highest BCUT2D eigenvalue weighted by atomic mass is 32.2. The summed E-state index contributed by atoms with van der Waals surface area (Å²) >= 11 is 1.41. The molecule has 3 rings (SSSR count). The van der Waals surface area contributed by atoms with Crippen molar-refractivity contribution in [3.05, 3.63) is 53.0 Å². The zero-order chi connectivity index (χ0) is 21.9. The van der Waals surface area contributed by atoms with Crippen molar-refractivity contribution in [3.63, 3.8) is 0 Å². The van der Waals surface area contributed by atoms with E-state index in [0.717, 1.165) is 19.5 Å². The smallest absolute Gasteiger partial charge is 0.338 e. The van der Waals surface area contributed by atoms with Crippen LogP contribution in [-0.2, 0) is 19.6 Å². The van der Waals surface area contributed by atoms with E-state index >= 15 is 0 Å². The SMILES string of the molecule is CCOC(=O)c1ccc(NC(=O)CN(C)S(=O)(=O)c2ccc3nc(C)sc3c2)cc1. The number of fused-ring (bicyclic) bond motifs is 1. The number of carbonyl (C=O) groups is 2. The minimum absolute atomic E-state index is 0.104. The van der Waals surface area contributed by atoms with Crippen LogP contribution in [0.1, 0.15) is 22.3 Å². The number of amides is 1. The number of nitrogens with one attached hydrogen (secondary N) is 1. The number of aromatic nitrogens is 1. The van der Waals surface area contributed by atoms with Crippen LogP contribution in [0.2, 0.25) is 0 Å². The van der Waals surface area contributed by atoms with Gasteiger partial charge in [-0.25, -0.2) is 18.2 Å². The average Bonchev–Trinajstić information content (AvgIpc) is 3.07. The number of aryl methyl sites for hydroxylation is 1. The molecule has 0 aliphatic heterocycles. The maximum atomic E-state index is 12.8. The summed E-state index contributed by atoms with van der Waals surface area (Å²) in [5, 5.41) is 3.47. The average molecular weight is 448 g/mol. The number of ether oxygens (including phenoxy) is 1. The van der Waals surface area contributed by atoms with Gasteiger partial charge in [0.25, 0.3) is 0 Å². The summed E-state index contributed by atoms with van der Waals surface area (Å²) in [7, 11) is -2.49. The van der Waals surface area contributed by atoms with Crippen LogP contribution in [-0.4, -0.2) is 49.8 Å². The molecule has 0 bridgehead atoms. The third kappa shape index (κ3) is 4.84. The van der Waals surface area contributed by atoms with E-state index in [4.69, 9.17) is 4.74 Å². The molecule has 0 saturated carbocycles. The number of rotatable bonds is 7. The minimum Gasteiger partial charge on any atom is -0.462 e. The number of esters is 1. The third-order valence-corrected chi connectivity index (χ3v) is 6.95. The molecule has 3 aromatic rings. The van der Waals surface area contributed by atoms with Gasteiger partial charge in [-0.2, -0.15) is 4.31 Å². The van der Waals surface area contributed by atoms with Crippen molar-refractivity contribution in [1.82, 2.24) is 9.29 Å². The van der Waals surface area contributed by atoms with Gasteiger partial charge in [-0.1, -0.05) is 0 Å². The molecule has 1 amide bonds. The molecule has 0 saturated heterocycles. The standard InChI is InChI=1S/C20H21N3O5S2/c1-4-28-20(25)14-5-7-15(8-6-14)22-19(24)12-23(3)30(26,27)16-9-10-17-18(11-16)29-13(2)21-17/h5-11H,4,12H2,1-3H3,(H,22,24). The molecule has 0 aliphatic rings. The number of likely N-dealkylation sites (N-methyl/N-ethyl adjacent to an activating group) is 1. The van der Waals surface area contributed by atoms with Gasteiger partial charge >= 0.3 is 5.97 Å². The maximum Gasteiger partial charge on any atom is 0.338 e. The van der Waals surface area contributed by atoms with E-state index in [9.17, 15) is 18.0 Å². The van der Waals surface area contributed by atoms with Gasteiger partial charge in [0.15, 0.2) is 0 Å². The Labute approximate surface area is 178 Å². The molecule has 0 unspecified atom stereocenters. The number of nitrogens with zero attached hydrogens (tertiary/aromatic N) is 2. The summed E-state index contributed by atoms with van der Waals surface area (Å²) in [5.74, 6) is -0.950.